The first-order valence-electron chi connectivity index (χ1n) is 33.5. The number of hydrogen-bond acceptors (Lipinski definition) is 7. The molecule has 0 fully saturated rings. The van der Waals surface area contributed by atoms with E-state index in [1.54, 1.807) is 0 Å². The topological polar surface area (TPSA) is 123 Å². The summed E-state index contributed by atoms with van der Waals surface area (Å²) in [5.41, 5.74) is 26.9. The highest BCUT2D eigenvalue weighted by atomic mass is 32.1. The molecule has 0 unspecified atom stereocenters. The van der Waals surface area contributed by atoms with Crippen LogP contribution < -0.4 is 0 Å². The summed E-state index contributed by atoms with van der Waals surface area (Å²) in [6.45, 7) is 16.3. The molecule has 0 atom stereocenters. The van der Waals surface area contributed by atoms with Gasteiger partial charge in [0.25, 0.3) is 0 Å². The molecule has 0 saturated carbocycles. The lowest BCUT2D eigenvalue weighted by atomic mass is 9.92. The molecule has 9 heterocycles. The molecule has 0 amide bonds. The lowest BCUT2D eigenvalue weighted by Gasteiger charge is -2.13. The number of thiophene rings is 3. The average Bonchev–Trinajstić information content (AvgIpc) is 1.65. The van der Waals surface area contributed by atoms with Gasteiger partial charge in [0.1, 0.15) is 11.6 Å². The van der Waals surface area contributed by atoms with E-state index in [1.165, 1.54) is 112 Å². The van der Waals surface area contributed by atoms with E-state index in [2.05, 4.69) is 239 Å². The number of aromatic nitrogens is 5. The lowest BCUT2D eigenvalue weighted by molar-refractivity contribution is -0.132. The van der Waals surface area contributed by atoms with Gasteiger partial charge in [-0.2, -0.15) is 5.26 Å². The Morgan fingerprint density at radius 1 is 0.485 bits per heavy atom. The monoisotopic (exact) mass is 1320 g/mol. The third-order valence-electron chi connectivity index (χ3n) is 18.9. The Morgan fingerprint density at radius 3 is 1.45 bits per heavy atom. The zero-order valence-corrected chi connectivity index (χ0v) is 57.9. The second-order valence-corrected chi connectivity index (χ2v) is 29.2. The molecule has 0 radical (unpaired) electrons. The molecule has 2 aliphatic rings. The molecule has 476 valence electrons. The molecule has 0 spiro atoms. The van der Waals surface area contributed by atoms with Crippen LogP contribution in [0.15, 0.2) is 157 Å². The number of benzene rings is 6. The number of hydrogen-bond donors (Lipinski definition) is 3. The summed E-state index contributed by atoms with van der Waals surface area (Å²) in [7, 11) is 0. The lowest BCUT2D eigenvalue weighted by Crippen LogP contribution is -1.97. The number of aryl methyl sites for hydroxylation is 7. The Morgan fingerprint density at radius 2 is 0.938 bits per heavy atom. The van der Waals surface area contributed by atoms with Gasteiger partial charge in [-0.3, -0.25) is 0 Å². The largest absolute Gasteiger partial charge is 0.477 e. The fourth-order valence-electron chi connectivity index (χ4n) is 14.7. The van der Waals surface area contributed by atoms with Crippen LogP contribution >= 0.6 is 34.0 Å². The number of fused-ring (bicyclic) bond motifs is 14. The van der Waals surface area contributed by atoms with E-state index in [0.717, 1.165) is 124 Å². The molecule has 0 saturated heterocycles. The number of carbonyl (C=O) groups is 1. The molecule has 6 aromatic carbocycles. The van der Waals surface area contributed by atoms with Crippen molar-refractivity contribution in [2.75, 3.05) is 0 Å². The van der Waals surface area contributed by atoms with Crippen molar-refractivity contribution in [3.05, 3.63) is 240 Å². The fourth-order valence-corrected chi connectivity index (χ4v) is 18.5. The number of nitrogens with one attached hydrogen (secondary N) is 2. The zero-order valence-electron chi connectivity index (χ0n) is 55.4. The molecule has 2 aliphatic heterocycles. The van der Waals surface area contributed by atoms with Gasteiger partial charge in [-0.1, -0.05) is 159 Å². The van der Waals surface area contributed by atoms with Gasteiger partial charge in [0.15, 0.2) is 0 Å². The molecular formula is C86H72N6O2S3. The van der Waals surface area contributed by atoms with Crippen molar-refractivity contribution in [2.24, 2.45) is 0 Å². The van der Waals surface area contributed by atoms with E-state index in [4.69, 9.17) is 9.97 Å². The quantitative estimate of drug-likeness (QED) is 0.0476. The van der Waals surface area contributed by atoms with Crippen molar-refractivity contribution in [1.82, 2.24) is 24.5 Å². The number of nitrogens with zero attached hydrogens (tertiary/aromatic N) is 4. The van der Waals surface area contributed by atoms with Crippen LogP contribution in [0.5, 0.6) is 0 Å². The standard InChI is InChI=1S/C86H72N6O2S3/c1-8-9-10-11-12-15-40-92-74-17-14-13-16-64(74)65-46-58(24-39-75(65)92)23-30-63-48-77-85(96-63)84-76(97-77)47-62(95-84)29-22-56-18-25-59(26-19-56)80-66-31-35-70(88-66)82(78-52(4)41-50(2)42-53(78)5)72-37-33-68(90-72)81(60-27-20-57(21-28-60)45-61(49-87)86(93)94)69-34-38-73(91-69)83(71-36-32-67(80)89-71)79-54(6)43-51(3)44-55(79)7/h13-14,16-39,41-48,88,91H,8-12,15,40H2,1-7H3,(H,93,94)/b29-22+,30-23+,61-45-,80-66?,80-67?,81-68?,81-69?,82-70?,82-72?,83-71?,83-73?. The van der Waals surface area contributed by atoms with Crippen LogP contribution in [0, 0.1) is 52.9 Å². The summed E-state index contributed by atoms with van der Waals surface area (Å²) in [6, 6.07) is 56.5. The van der Waals surface area contributed by atoms with Gasteiger partial charge in [0.05, 0.1) is 32.2 Å². The molecule has 15 rings (SSSR count). The van der Waals surface area contributed by atoms with Crippen LogP contribution in [0.1, 0.15) is 128 Å². The molecule has 13 aromatic rings. The Balaban J connectivity index is 0.799. The molecule has 7 aromatic heterocycles. The first-order valence-corrected chi connectivity index (χ1v) is 35.9. The number of para-hydroxylation sites is 1. The van der Waals surface area contributed by atoms with Crippen LogP contribution in [0.2, 0.25) is 0 Å². The van der Waals surface area contributed by atoms with Crippen molar-refractivity contribution in [1.29, 1.82) is 5.26 Å². The minimum absolute atomic E-state index is 0.337. The summed E-state index contributed by atoms with van der Waals surface area (Å²) in [5, 5.41) is 22.0. The molecule has 11 heteroatoms. The minimum atomic E-state index is -1.27. The molecular weight excluding hydrogens is 1250 g/mol. The summed E-state index contributed by atoms with van der Waals surface area (Å²) in [6.07, 6.45) is 26.7. The highest BCUT2D eigenvalue weighted by Gasteiger charge is 2.23. The fraction of sp³-hybridized carbons (Fsp3) is 0.163. The van der Waals surface area contributed by atoms with Gasteiger partial charge >= 0.3 is 5.97 Å². The van der Waals surface area contributed by atoms with Crippen LogP contribution in [-0.2, 0) is 11.3 Å². The minimum Gasteiger partial charge on any atom is -0.477 e. The maximum atomic E-state index is 11.9. The number of aromatic amines is 2. The number of nitriles is 1. The van der Waals surface area contributed by atoms with Gasteiger partial charge in [0, 0.05) is 91.8 Å². The van der Waals surface area contributed by atoms with Crippen LogP contribution in [0.4, 0.5) is 0 Å². The average molecular weight is 1320 g/mol. The van der Waals surface area contributed by atoms with E-state index in [-0.39, 0.29) is 5.57 Å². The van der Waals surface area contributed by atoms with Crippen LogP contribution in [0.25, 0.3) is 162 Å². The third kappa shape index (κ3) is 12.2. The van der Waals surface area contributed by atoms with Crippen molar-refractivity contribution < 1.29 is 9.90 Å². The van der Waals surface area contributed by atoms with E-state index < -0.39 is 5.97 Å². The predicted molar refractivity (Wildman–Crippen MR) is 416 cm³/mol. The van der Waals surface area contributed by atoms with Gasteiger partial charge in [0.2, 0.25) is 0 Å². The summed E-state index contributed by atoms with van der Waals surface area (Å²) < 4.78 is 7.92. The molecule has 0 aliphatic carbocycles. The van der Waals surface area contributed by atoms with Gasteiger partial charge in [-0.25, -0.2) is 14.8 Å². The summed E-state index contributed by atoms with van der Waals surface area (Å²) in [5.74, 6) is -1.27. The first-order chi connectivity index (χ1) is 47.2. The van der Waals surface area contributed by atoms with Crippen molar-refractivity contribution in [2.45, 2.75) is 93.5 Å². The zero-order chi connectivity index (χ0) is 66.6. The van der Waals surface area contributed by atoms with Gasteiger partial charge in [-0.05, 0) is 206 Å². The Kier molecular flexibility index (Phi) is 17.0. The van der Waals surface area contributed by atoms with Gasteiger partial charge in [-0.15, -0.1) is 34.0 Å². The molecule has 8 bridgehead atoms. The maximum Gasteiger partial charge on any atom is 0.346 e. The Hall–Kier alpha value is -10.5. The van der Waals surface area contributed by atoms with E-state index >= 15 is 0 Å². The summed E-state index contributed by atoms with van der Waals surface area (Å²) in [4.78, 5) is 33.4. The number of rotatable bonds is 17. The van der Waals surface area contributed by atoms with E-state index in [9.17, 15) is 15.2 Å². The number of unbranched alkanes of at least 4 members (excludes halogenated alkanes) is 5. The number of aliphatic carboxylic acids is 1. The molecule has 3 N–H and O–H groups in total. The smallest absolute Gasteiger partial charge is 0.346 e. The van der Waals surface area contributed by atoms with Gasteiger partial charge < -0.3 is 19.6 Å². The number of H-pyrrole nitrogens is 2. The normalized spacial score (nSPS) is 12.5. The highest BCUT2D eigenvalue weighted by molar-refractivity contribution is 7.38. The molecule has 97 heavy (non-hydrogen) atoms. The summed E-state index contributed by atoms with van der Waals surface area (Å²) >= 11 is 5.64. The highest BCUT2D eigenvalue weighted by Crippen LogP contribution is 2.46. The van der Waals surface area contributed by atoms with Crippen molar-refractivity contribution in [3.8, 4) is 50.6 Å². The number of carboxylic acid groups (broad SMARTS) is 1. The van der Waals surface area contributed by atoms with Crippen LogP contribution in [0.3, 0.4) is 0 Å². The Bertz CT molecular complexity index is 5640. The Labute approximate surface area is 577 Å². The third-order valence-corrected chi connectivity index (χ3v) is 22.6. The second-order valence-electron chi connectivity index (χ2n) is 25.9. The first kappa shape index (κ1) is 62.6. The SMILES string of the molecule is CCCCCCCCn1c2ccccc2c2cc(/C=C/c3cc4sc5cc(/C=C/c6ccc(-c7c8nc(c(-c9c(C)cc(C)cc9C)c9ccc([nH]9)c(-c9ccc(/C=C(/C#N)C(=O)O)cc9)c9nc(c(-c%10c(C)cc(C)cc%10C)c%10ccc7[nH]%10)C=C9)C=C8)cc6)sc5c4s3)ccc21. The van der Waals surface area contributed by atoms with Crippen molar-refractivity contribution >= 4 is 157 Å². The molecule has 8 nitrogen and oxygen atoms in total. The van der Waals surface area contributed by atoms with Crippen molar-refractivity contribution in [3.63, 3.8) is 0 Å². The van der Waals surface area contributed by atoms with Crippen LogP contribution in [-0.4, -0.2) is 35.6 Å². The second kappa shape index (κ2) is 26.3. The predicted octanol–water partition coefficient (Wildman–Crippen LogP) is 24.5. The number of carboxylic acids is 1. The maximum absolute atomic E-state index is 11.9. The van der Waals surface area contributed by atoms with E-state index in [0.29, 0.717) is 5.56 Å². The van der Waals surface area contributed by atoms with E-state index in [1.807, 2.05) is 64.3 Å².